The van der Waals surface area contributed by atoms with Crippen LogP contribution in [0.5, 0.6) is 0 Å². The van der Waals surface area contributed by atoms with Crippen LogP contribution in [0.15, 0.2) is 42.5 Å². The molecule has 0 saturated heterocycles. The molecule has 0 radical (unpaired) electrons. The zero-order valence-corrected chi connectivity index (χ0v) is 12.4. The predicted octanol–water partition coefficient (Wildman–Crippen LogP) is 2.52. The predicted molar refractivity (Wildman–Crippen MR) is 78.3 cm³/mol. The van der Waals surface area contributed by atoms with Crippen LogP contribution < -0.4 is 0 Å². The second-order valence-electron chi connectivity index (χ2n) is 4.56. The van der Waals surface area contributed by atoms with Crippen LogP contribution in [0.3, 0.4) is 0 Å². The van der Waals surface area contributed by atoms with Crippen LogP contribution in [0.4, 0.5) is 0 Å². The van der Waals surface area contributed by atoms with Gasteiger partial charge in [-0.2, -0.15) is 0 Å². The van der Waals surface area contributed by atoms with Gasteiger partial charge in [-0.3, -0.25) is 0 Å². The van der Waals surface area contributed by atoms with Crippen molar-refractivity contribution in [1.82, 2.24) is 0 Å². The van der Waals surface area contributed by atoms with E-state index in [1.807, 2.05) is 43.3 Å². The minimum absolute atomic E-state index is 0.269. The fourth-order valence-electron chi connectivity index (χ4n) is 1.67. The van der Waals surface area contributed by atoms with Crippen molar-refractivity contribution in [3.63, 3.8) is 0 Å². The molecule has 0 aliphatic heterocycles. The summed E-state index contributed by atoms with van der Waals surface area (Å²) in [6, 6.07) is 9.89. The summed E-state index contributed by atoms with van der Waals surface area (Å²) in [6.45, 7) is 2.34. The van der Waals surface area contributed by atoms with Gasteiger partial charge in [0.2, 0.25) is 0 Å². The topological polar surface area (TPSA) is 47.9 Å². The number of methoxy groups -OCH3 is 2. The third kappa shape index (κ3) is 6.30. The van der Waals surface area contributed by atoms with Gasteiger partial charge >= 0.3 is 0 Å². The number of benzene rings is 1. The lowest BCUT2D eigenvalue weighted by Crippen LogP contribution is -2.24. The lowest BCUT2D eigenvalue weighted by atomic mass is 10.2. The van der Waals surface area contributed by atoms with Gasteiger partial charge in [0.25, 0.3) is 0 Å². The zero-order chi connectivity index (χ0) is 14.8. The van der Waals surface area contributed by atoms with Crippen LogP contribution in [-0.4, -0.2) is 37.8 Å². The molecular formula is C16H24O4. The van der Waals surface area contributed by atoms with Crippen LogP contribution in [0, 0.1) is 0 Å². The molecule has 1 N–H and O–H groups in total. The normalized spacial score (nSPS) is 14.8. The molecule has 4 heteroatoms. The van der Waals surface area contributed by atoms with Gasteiger partial charge in [-0.1, -0.05) is 42.5 Å². The lowest BCUT2D eigenvalue weighted by Gasteiger charge is -2.17. The second kappa shape index (κ2) is 9.66. The Balaban J connectivity index is 2.31. The van der Waals surface area contributed by atoms with Gasteiger partial charge in [-0.25, -0.2) is 0 Å². The van der Waals surface area contributed by atoms with E-state index in [-0.39, 0.29) is 12.4 Å². The standard InChI is InChI=1S/C16H24O4/c1-13(20-12-14-8-5-4-6-9-14)15(17)10-7-11-16(18-2)19-3/h4-10,13,15-17H,11-12H2,1-3H3/b10-7+/t13-,15+/m1/s1. The molecule has 112 valence electrons. The summed E-state index contributed by atoms with van der Waals surface area (Å²) in [5.41, 5.74) is 1.09. The van der Waals surface area contributed by atoms with Crippen molar-refractivity contribution in [2.24, 2.45) is 0 Å². The Morgan fingerprint density at radius 1 is 1.15 bits per heavy atom. The van der Waals surface area contributed by atoms with E-state index in [2.05, 4.69) is 0 Å². The average molecular weight is 280 g/mol. The Morgan fingerprint density at radius 3 is 2.40 bits per heavy atom. The second-order valence-corrected chi connectivity index (χ2v) is 4.56. The van der Waals surface area contributed by atoms with E-state index < -0.39 is 6.10 Å². The fraction of sp³-hybridized carbons (Fsp3) is 0.500. The molecule has 0 bridgehead atoms. The Morgan fingerprint density at radius 2 is 1.80 bits per heavy atom. The van der Waals surface area contributed by atoms with Crippen LogP contribution in [0.25, 0.3) is 0 Å². The van der Waals surface area contributed by atoms with Crippen molar-refractivity contribution < 1.29 is 19.3 Å². The van der Waals surface area contributed by atoms with Crippen LogP contribution in [-0.2, 0) is 20.8 Å². The van der Waals surface area contributed by atoms with E-state index in [0.29, 0.717) is 13.0 Å². The molecule has 0 heterocycles. The minimum atomic E-state index is -0.645. The first-order chi connectivity index (χ1) is 9.67. The molecule has 1 rings (SSSR count). The van der Waals surface area contributed by atoms with Gasteiger partial charge in [0, 0.05) is 20.6 Å². The molecule has 0 fully saturated rings. The highest BCUT2D eigenvalue weighted by Crippen LogP contribution is 2.08. The summed E-state index contributed by atoms with van der Waals surface area (Å²) in [6.07, 6.45) is 2.95. The molecule has 0 unspecified atom stereocenters. The average Bonchev–Trinajstić information content (AvgIpc) is 2.50. The maximum absolute atomic E-state index is 9.96. The highest BCUT2D eigenvalue weighted by Gasteiger charge is 2.11. The van der Waals surface area contributed by atoms with Crippen LogP contribution >= 0.6 is 0 Å². The first-order valence-electron chi connectivity index (χ1n) is 6.73. The number of ether oxygens (including phenoxy) is 3. The summed E-state index contributed by atoms with van der Waals surface area (Å²) >= 11 is 0. The molecule has 1 aromatic rings. The van der Waals surface area contributed by atoms with Gasteiger partial charge in [0.1, 0.15) is 0 Å². The number of rotatable bonds is 9. The first-order valence-corrected chi connectivity index (χ1v) is 6.73. The van der Waals surface area contributed by atoms with Crippen LogP contribution in [0.1, 0.15) is 18.9 Å². The lowest BCUT2D eigenvalue weighted by molar-refractivity contribution is -0.0988. The van der Waals surface area contributed by atoms with E-state index in [9.17, 15) is 5.11 Å². The molecule has 0 aromatic heterocycles. The number of hydrogen-bond acceptors (Lipinski definition) is 4. The summed E-state index contributed by atoms with van der Waals surface area (Å²) in [5, 5.41) is 9.96. The molecule has 4 nitrogen and oxygen atoms in total. The number of aliphatic hydroxyl groups is 1. The van der Waals surface area contributed by atoms with Crippen molar-refractivity contribution in [2.75, 3.05) is 14.2 Å². The summed E-state index contributed by atoms with van der Waals surface area (Å²) < 4.78 is 15.8. The monoisotopic (exact) mass is 280 g/mol. The van der Waals surface area contributed by atoms with Gasteiger partial charge in [-0.15, -0.1) is 0 Å². The fourth-order valence-corrected chi connectivity index (χ4v) is 1.67. The summed E-state index contributed by atoms with van der Waals surface area (Å²) in [5.74, 6) is 0. The third-order valence-corrected chi connectivity index (χ3v) is 3.02. The van der Waals surface area contributed by atoms with Crippen molar-refractivity contribution in [3.05, 3.63) is 48.0 Å². The quantitative estimate of drug-likeness (QED) is 0.558. The van der Waals surface area contributed by atoms with Gasteiger partial charge in [0.15, 0.2) is 6.29 Å². The molecule has 2 atom stereocenters. The van der Waals surface area contributed by atoms with Gasteiger partial charge in [-0.05, 0) is 12.5 Å². The molecule has 1 aromatic carbocycles. The zero-order valence-electron chi connectivity index (χ0n) is 12.4. The largest absolute Gasteiger partial charge is 0.386 e. The maximum atomic E-state index is 9.96. The maximum Gasteiger partial charge on any atom is 0.160 e. The smallest absolute Gasteiger partial charge is 0.160 e. The van der Waals surface area contributed by atoms with Gasteiger partial charge < -0.3 is 19.3 Å². The van der Waals surface area contributed by atoms with Gasteiger partial charge in [0.05, 0.1) is 18.8 Å². The Kier molecular flexibility index (Phi) is 8.14. The van der Waals surface area contributed by atoms with Crippen molar-refractivity contribution in [1.29, 1.82) is 0 Å². The molecule has 0 aliphatic rings. The van der Waals surface area contributed by atoms with Crippen molar-refractivity contribution >= 4 is 0 Å². The number of aliphatic hydroxyl groups excluding tert-OH is 1. The van der Waals surface area contributed by atoms with E-state index >= 15 is 0 Å². The highest BCUT2D eigenvalue weighted by molar-refractivity contribution is 5.13. The SMILES string of the molecule is COC(C/C=C/[C@H](O)[C@@H](C)OCc1ccccc1)OC. The molecule has 0 amide bonds. The van der Waals surface area contributed by atoms with E-state index in [4.69, 9.17) is 14.2 Å². The van der Waals surface area contributed by atoms with Crippen molar-refractivity contribution in [2.45, 2.75) is 38.4 Å². The Hall–Kier alpha value is -1.20. The molecule has 0 aliphatic carbocycles. The van der Waals surface area contributed by atoms with Crippen LogP contribution in [0.2, 0.25) is 0 Å². The Labute approximate surface area is 121 Å². The number of hydrogen-bond donors (Lipinski definition) is 1. The minimum Gasteiger partial charge on any atom is -0.386 e. The molecular weight excluding hydrogens is 256 g/mol. The first kappa shape index (κ1) is 16.9. The molecule has 20 heavy (non-hydrogen) atoms. The van der Waals surface area contributed by atoms with E-state index in [1.54, 1.807) is 20.3 Å². The van der Waals surface area contributed by atoms with E-state index in [1.165, 1.54) is 0 Å². The van der Waals surface area contributed by atoms with E-state index in [0.717, 1.165) is 5.56 Å². The molecule has 0 spiro atoms. The molecule has 0 saturated carbocycles. The summed E-state index contributed by atoms with van der Waals surface area (Å²) in [7, 11) is 3.17. The van der Waals surface area contributed by atoms with Crippen molar-refractivity contribution in [3.8, 4) is 0 Å². The summed E-state index contributed by atoms with van der Waals surface area (Å²) in [4.78, 5) is 0. The third-order valence-electron chi connectivity index (χ3n) is 3.02. The highest BCUT2D eigenvalue weighted by atomic mass is 16.7. The Bertz CT molecular complexity index is 373.